The smallest absolute Gasteiger partial charge is 0.0948 e. The van der Waals surface area contributed by atoms with Gasteiger partial charge in [-0.05, 0) is 26.2 Å². The summed E-state index contributed by atoms with van der Waals surface area (Å²) in [7, 11) is 0. The zero-order valence-corrected chi connectivity index (χ0v) is 10.7. The minimum Gasteiger partial charge on any atom is -0.396 e. The van der Waals surface area contributed by atoms with Gasteiger partial charge >= 0.3 is 0 Å². The van der Waals surface area contributed by atoms with E-state index in [0.717, 1.165) is 32.1 Å². The van der Waals surface area contributed by atoms with Crippen LogP contribution in [0.4, 0.5) is 0 Å². The molecule has 4 heteroatoms. The predicted octanol–water partition coefficient (Wildman–Crippen LogP) is 1.64. The molecule has 4 nitrogen and oxygen atoms in total. The van der Waals surface area contributed by atoms with Crippen molar-refractivity contribution in [3.05, 3.63) is 18.2 Å². The van der Waals surface area contributed by atoms with Crippen LogP contribution < -0.4 is 0 Å². The molecule has 1 aliphatic rings. The molecule has 0 bridgehead atoms. The van der Waals surface area contributed by atoms with E-state index in [1.54, 1.807) is 0 Å². The minimum atomic E-state index is 0.288. The van der Waals surface area contributed by atoms with Gasteiger partial charge in [-0.2, -0.15) is 0 Å². The Hall–Kier alpha value is -0.870. The summed E-state index contributed by atoms with van der Waals surface area (Å²) in [6.45, 7) is 5.38. The number of aromatic nitrogens is 2. The summed E-state index contributed by atoms with van der Waals surface area (Å²) in [6, 6.07) is 0.724. The highest BCUT2D eigenvalue weighted by molar-refractivity contribution is 4.99. The van der Waals surface area contributed by atoms with Crippen molar-refractivity contribution in [3.63, 3.8) is 0 Å². The van der Waals surface area contributed by atoms with Gasteiger partial charge in [-0.25, -0.2) is 4.98 Å². The maximum Gasteiger partial charge on any atom is 0.0948 e. The van der Waals surface area contributed by atoms with Gasteiger partial charge in [-0.1, -0.05) is 6.42 Å². The highest BCUT2D eigenvalue weighted by Crippen LogP contribution is 2.26. The molecule has 0 aromatic carbocycles. The first-order valence-electron chi connectivity index (χ1n) is 6.69. The van der Waals surface area contributed by atoms with Gasteiger partial charge in [0.1, 0.15) is 0 Å². The average Bonchev–Trinajstić information content (AvgIpc) is 2.70. The Labute approximate surface area is 103 Å². The maximum atomic E-state index is 8.97. The van der Waals surface area contributed by atoms with E-state index in [0.29, 0.717) is 0 Å². The molecule has 1 heterocycles. The van der Waals surface area contributed by atoms with Crippen molar-refractivity contribution in [3.8, 4) is 0 Å². The zero-order chi connectivity index (χ0) is 12.1. The van der Waals surface area contributed by atoms with Crippen LogP contribution in [0.3, 0.4) is 0 Å². The molecule has 0 atom stereocenters. The highest BCUT2D eigenvalue weighted by Gasteiger charge is 2.25. The Balaban J connectivity index is 1.95. The van der Waals surface area contributed by atoms with Gasteiger partial charge in [0.25, 0.3) is 0 Å². The fourth-order valence-corrected chi connectivity index (χ4v) is 2.39. The summed E-state index contributed by atoms with van der Waals surface area (Å²) in [6.07, 6.45) is 8.72. The fourth-order valence-electron chi connectivity index (χ4n) is 2.39. The standard InChI is InChI=1S/C13H23N3O/c1-2-15-11-14-9-13(15)10-16(7-4-8-17)12-5-3-6-12/h9,11-12,17H,2-8,10H2,1H3. The summed E-state index contributed by atoms with van der Waals surface area (Å²) in [5, 5.41) is 8.97. The summed E-state index contributed by atoms with van der Waals surface area (Å²) < 4.78 is 2.20. The fraction of sp³-hybridized carbons (Fsp3) is 0.769. The molecule has 0 saturated heterocycles. The number of aryl methyl sites for hydroxylation is 1. The Morgan fingerprint density at radius 1 is 1.53 bits per heavy atom. The lowest BCUT2D eigenvalue weighted by molar-refractivity contribution is 0.107. The highest BCUT2D eigenvalue weighted by atomic mass is 16.3. The van der Waals surface area contributed by atoms with Crippen LogP contribution in [0.5, 0.6) is 0 Å². The van der Waals surface area contributed by atoms with E-state index in [4.69, 9.17) is 5.11 Å². The lowest BCUT2D eigenvalue weighted by atomic mass is 9.91. The third-order valence-electron chi connectivity index (χ3n) is 3.70. The van der Waals surface area contributed by atoms with E-state index in [9.17, 15) is 0 Å². The molecule has 0 aliphatic heterocycles. The molecule has 1 fully saturated rings. The van der Waals surface area contributed by atoms with E-state index in [2.05, 4.69) is 21.4 Å². The maximum absolute atomic E-state index is 8.97. The Bertz CT molecular complexity index is 333. The van der Waals surface area contributed by atoms with Crippen molar-refractivity contribution in [1.29, 1.82) is 0 Å². The molecule has 1 saturated carbocycles. The molecule has 0 unspecified atom stereocenters. The largest absolute Gasteiger partial charge is 0.396 e. The van der Waals surface area contributed by atoms with Crippen molar-refractivity contribution >= 4 is 0 Å². The second-order valence-electron chi connectivity index (χ2n) is 4.80. The number of hydrogen-bond acceptors (Lipinski definition) is 3. The molecule has 0 radical (unpaired) electrons. The van der Waals surface area contributed by atoms with Crippen molar-refractivity contribution < 1.29 is 5.11 Å². The van der Waals surface area contributed by atoms with Gasteiger partial charge in [0.15, 0.2) is 0 Å². The van der Waals surface area contributed by atoms with Crippen LogP contribution in [0, 0.1) is 0 Å². The minimum absolute atomic E-state index is 0.288. The van der Waals surface area contributed by atoms with Crippen molar-refractivity contribution in [1.82, 2.24) is 14.5 Å². The number of rotatable bonds is 7. The first-order chi connectivity index (χ1) is 8.35. The molecule has 17 heavy (non-hydrogen) atoms. The lowest BCUT2D eigenvalue weighted by Crippen LogP contribution is -2.40. The van der Waals surface area contributed by atoms with E-state index >= 15 is 0 Å². The van der Waals surface area contributed by atoms with Crippen LogP contribution in [0.2, 0.25) is 0 Å². The topological polar surface area (TPSA) is 41.3 Å². The molecular formula is C13H23N3O. The molecular weight excluding hydrogens is 214 g/mol. The average molecular weight is 237 g/mol. The third-order valence-corrected chi connectivity index (χ3v) is 3.70. The third kappa shape index (κ3) is 3.07. The van der Waals surface area contributed by atoms with Gasteiger partial charge in [-0.15, -0.1) is 0 Å². The molecule has 2 rings (SSSR count). The first kappa shape index (κ1) is 12.6. The molecule has 0 amide bonds. The van der Waals surface area contributed by atoms with E-state index in [1.807, 2.05) is 12.5 Å². The van der Waals surface area contributed by atoms with E-state index in [-0.39, 0.29) is 6.61 Å². The number of nitrogens with zero attached hydrogens (tertiary/aromatic N) is 3. The number of aliphatic hydroxyl groups is 1. The van der Waals surface area contributed by atoms with Gasteiger partial charge < -0.3 is 9.67 Å². The molecule has 96 valence electrons. The lowest BCUT2D eigenvalue weighted by Gasteiger charge is -2.37. The normalized spacial score (nSPS) is 16.4. The predicted molar refractivity (Wildman–Crippen MR) is 67.7 cm³/mol. The Morgan fingerprint density at radius 2 is 2.35 bits per heavy atom. The molecule has 1 aliphatic carbocycles. The molecule has 0 spiro atoms. The van der Waals surface area contributed by atoms with Crippen LogP contribution in [-0.2, 0) is 13.1 Å². The number of imidazole rings is 1. The van der Waals surface area contributed by atoms with Gasteiger partial charge in [0, 0.05) is 38.5 Å². The van der Waals surface area contributed by atoms with Gasteiger partial charge in [0.05, 0.1) is 12.0 Å². The first-order valence-corrected chi connectivity index (χ1v) is 6.69. The van der Waals surface area contributed by atoms with Crippen LogP contribution in [0.25, 0.3) is 0 Å². The summed E-state index contributed by atoms with van der Waals surface area (Å²) >= 11 is 0. The second kappa shape index (κ2) is 6.17. The summed E-state index contributed by atoms with van der Waals surface area (Å²) in [4.78, 5) is 6.72. The van der Waals surface area contributed by atoms with Crippen molar-refractivity contribution in [2.24, 2.45) is 0 Å². The second-order valence-corrected chi connectivity index (χ2v) is 4.80. The summed E-state index contributed by atoms with van der Waals surface area (Å²) in [5.41, 5.74) is 1.29. The van der Waals surface area contributed by atoms with Crippen LogP contribution in [0.1, 0.15) is 38.3 Å². The Morgan fingerprint density at radius 3 is 2.94 bits per heavy atom. The Kier molecular flexibility index (Phi) is 4.57. The quantitative estimate of drug-likeness (QED) is 0.784. The molecule has 1 aromatic rings. The molecule has 1 aromatic heterocycles. The van der Waals surface area contributed by atoms with Crippen LogP contribution >= 0.6 is 0 Å². The summed E-state index contributed by atoms with van der Waals surface area (Å²) in [5.74, 6) is 0. The van der Waals surface area contributed by atoms with Gasteiger partial charge in [0.2, 0.25) is 0 Å². The number of hydrogen-bond donors (Lipinski definition) is 1. The van der Waals surface area contributed by atoms with Crippen LogP contribution in [0.15, 0.2) is 12.5 Å². The SMILES string of the molecule is CCn1cncc1CN(CCCO)C1CCC1. The van der Waals surface area contributed by atoms with Crippen molar-refractivity contribution in [2.75, 3.05) is 13.2 Å². The van der Waals surface area contributed by atoms with Crippen LogP contribution in [-0.4, -0.2) is 38.8 Å². The molecule has 1 N–H and O–H groups in total. The zero-order valence-electron chi connectivity index (χ0n) is 10.7. The van der Waals surface area contributed by atoms with Crippen molar-refractivity contribution in [2.45, 2.75) is 51.7 Å². The van der Waals surface area contributed by atoms with E-state index in [1.165, 1.54) is 25.0 Å². The van der Waals surface area contributed by atoms with E-state index < -0.39 is 0 Å². The monoisotopic (exact) mass is 237 g/mol. The number of aliphatic hydroxyl groups excluding tert-OH is 1. The van der Waals surface area contributed by atoms with Gasteiger partial charge in [-0.3, -0.25) is 4.90 Å².